The second-order valence-electron chi connectivity index (χ2n) is 0.866. The van der Waals surface area contributed by atoms with E-state index in [0.717, 1.165) is 0 Å². The van der Waals surface area contributed by atoms with Gasteiger partial charge in [0.05, 0.1) is 0 Å². The Balaban J connectivity index is -0.0000000400. The summed E-state index contributed by atoms with van der Waals surface area (Å²) in [6, 6.07) is 0. The second-order valence-corrected chi connectivity index (χ2v) is 0.866. The molecule has 0 spiro atoms. The van der Waals surface area contributed by atoms with E-state index < -0.39 is 0 Å². The molecule has 0 aliphatic rings. The van der Waals surface area contributed by atoms with Crippen molar-refractivity contribution in [1.29, 1.82) is 0 Å². The van der Waals surface area contributed by atoms with Crippen molar-refractivity contribution in [2.75, 3.05) is 6.61 Å². The van der Waals surface area contributed by atoms with E-state index >= 15 is 0 Å². The minimum Gasteiger partial charge on any atom is -0.855 e. The van der Waals surface area contributed by atoms with Crippen molar-refractivity contribution >= 4 is 23.1 Å². The van der Waals surface area contributed by atoms with E-state index in [2.05, 4.69) is 0 Å². The van der Waals surface area contributed by atoms with E-state index in [1.54, 1.807) is 6.92 Å². The van der Waals surface area contributed by atoms with Crippen LogP contribution in [0.4, 0.5) is 0 Å². The van der Waals surface area contributed by atoms with Crippen molar-refractivity contribution in [3.63, 3.8) is 0 Å². The van der Waals surface area contributed by atoms with Crippen LogP contribution in [0.25, 0.3) is 0 Å². The van der Waals surface area contributed by atoms with Gasteiger partial charge in [-0.15, -0.1) is 6.61 Å². The van der Waals surface area contributed by atoms with E-state index in [9.17, 15) is 0 Å². The van der Waals surface area contributed by atoms with Gasteiger partial charge in [0.15, 0.2) is 0 Å². The van der Waals surface area contributed by atoms with Gasteiger partial charge >= 0.3 is 23.1 Å². The largest absolute Gasteiger partial charge is 2.00 e. The molecule has 0 rings (SSSR count). The smallest absolute Gasteiger partial charge is 0.855 e. The normalized spacial score (nSPS) is 5.14. The molecule has 0 saturated heterocycles. The summed E-state index contributed by atoms with van der Waals surface area (Å²) in [7, 11) is 0. The van der Waals surface area contributed by atoms with Gasteiger partial charge in [0, 0.05) is 0 Å². The zero-order valence-corrected chi connectivity index (χ0v) is 6.81. The Morgan fingerprint density at radius 1 is 1.43 bits per heavy atom. The fourth-order valence-electron chi connectivity index (χ4n) is 0. The maximum atomic E-state index is 8.93. The molecule has 0 unspecified atom stereocenters. The monoisotopic (exact) mass is 112 g/mol. The zero-order valence-electron chi connectivity index (χ0n) is 5.40. The Kier molecular flexibility index (Phi) is 66.3. The summed E-state index contributed by atoms with van der Waals surface area (Å²) in [5.74, 6) is 0. The van der Waals surface area contributed by atoms with Crippen molar-refractivity contribution in [3.8, 4) is 0 Å². The van der Waals surface area contributed by atoms with Gasteiger partial charge in [-0.05, 0) is 0 Å². The predicted molar refractivity (Wildman–Crippen MR) is 31.9 cm³/mol. The summed E-state index contributed by atoms with van der Waals surface area (Å²) in [6.45, 7) is 5.57. The molecule has 0 bridgehead atoms. The van der Waals surface area contributed by atoms with Gasteiger partial charge < -0.3 is 11.5 Å². The topological polar surface area (TPSA) is 23.1 Å². The molecule has 0 N–H and O–H groups in total. The maximum absolute atomic E-state index is 8.93. The molecule has 0 aliphatic heterocycles. The van der Waals surface area contributed by atoms with E-state index in [1.807, 2.05) is 20.3 Å². The standard InChI is InChI=1S/C3H7.C2H5O.Mg/c1-3-2;1-2-3;/h3H,1-2H3;2H2,1H3;/q2*-1;+2. The first-order chi connectivity index (χ1) is 2.83. The van der Waals surface area contributed by atoms with Crippen LogP contribution in [-0.4, -0.2) is 29.7 Å². The third-order valence-electron chi connectivity index (χ3n) is 0. The van der Waals surface area contributed by atoms with Crippen molar-refractivity contribution in [2.24, 2.45) is 0 Å². The molecule has 40 valence electrons. The van der Waals surface area contributed by atoms with Crippen LogP contribution in [0, 0.1) is 6.42 Å². The zero-order chi connectivity index (χ0) is 5.41. The second kappa shape index (κ2) is 29.7. The summed E-state index contributed by atoms with van der Waals surface area (Å²) >= 11 is 0. The van der Waals surface area contributed by atoms with Gasteiger partial charge in [-0.3, -0.25) is 0 Å². The Morgan fingerprint density at radius 3 is 1.43 bits per heavy atom. The van der Waals surface area contributed by atoms with Crippen LogP contribution in [0.15, 0.2) is 0 Å². The summed E-state index contributed by atoms with van der Waals surface area (Å²) in [6.07, 6.45) is 2.00. The quantitative estimate of drug-likeness (QED) is 0.325. The molecule has 0 fully saturated rings. The molecule has 0 aromatic rings. The van der Waals surface area contributed by atoms with Crippen LogP contribution in [-0.2, 0) is 0 Å². The van der Waals surface area contributed by atoms with Crippen molar-refractivity contribution < 1.29 is 5.11 Å². The fraction of sp³-hybridized carbons (Fsp3) is 0.800. The average molecular weight is 112 g/mol. The first kappa shape index (κ1) is 15.6. The molecule has 0 atom stereocenters. The minimum atomic E-state index is 0. The van der Waals surface area contributed by atoms with E-state index in [4.69, 9.17) is 5.11 Å². The molecule has 2 heteroatoms. The summed E-state index contributed by atoms with van der Waals surface area (Å²) in [5.41, 5.74) is 0. The molecule has 0 aromatic carbocycles. The summed E-state index contributed by atoms with van der Waals surface area (Å²) < 4.78 is 0. The summed E-state index contributed by atoms with van der Waals surface area (Å²) in [5, 5.41) is 8.93. The first-order valence-corrected chi connectivity index (χ1v) is 2.15. The Labute approximate surface area is 62.3 Å². The van der Waals surface area contributed by atoms with Crippen LogP contribution in [0.2, 0.25) is 0 Å². The predicted octanol–water partition coefficient (Wildman–Crippen LogP) is 0.216. The van der Waals surface area contributed by atoms with Gasteiger partial charge in [-0.25, -0.2) is 0 Å². The number of rotatable bonds is 0. The van der Waals surface area contributed by atoms with Gasteiger partial charge in [0.2, 0.25) is 0 Å². The molecular weight excluding hydrogens is 100 g/mol. The van der Waals surface area contributed by atoms with Gasteiger partial charge in [0.1, 0.15) is 0 Å². The fourth-order valence-corrected chi connectivity index (χ4v) is 0. The van der Waals surface area contributed by atoms with Crippen LogP contribution in [0.5, 0.6) is 0 Å². The molecule has 0 heterocycles. The summed E-state index contributed by atoms with van der Waals surface area (Å²) in [4.78, 5) is 0. The first-order valence-electron chi connectivity index (χ1n) is 2.15. The molecule has 7 heavy (non-hydrogen) atoms. The van der Waals surface area contributed by atoms with Crippen LogP contribution in [0.3, 0.4) is 0 Å². The maximum Gasteiger partial charge on any atom is 2.00 e. The minimum absolute atomic E-state index is 0. The van der Waals surface area contributed by atoms with Crippen LogP contribution >= 0.6 is 0 Å². The van der Waals surface area contributed by atoms with E-state index in [-0.39, 0.29) is 29.7 Å². The Morgan fingerprint density at radius 2 is 1.43 bits per heavy atom. The molecule has 0 aliphatic carbocycles. The van der Waals surface area contributed by atoms with Gasteiger partial charge in [-0.2, -0.15) is 13.8 Å². The SMILES string of the molecule is CC[O-].C[CH-]C.[Mg+2]. The van der Waals surface area contributed by atoms with Crippen molar-refractivity contribution in [1.82, 2.24) is 0 Å². The molecule has 0 radical (unpaired) electrons. The van der Waals surface area contributed by atoms with Crippen LogP contribution < -0.4 is 5.11 Å². The molecule has 1 nitrogen and oxygen atoms in total. The molecule has 0 saturated carbocycles. The van der Waals surface area contributed by atoms with Crippen LogP contribution in [0.1, 0.15) is 20.8 Å². The number of hydrogen-bond donors (Lipinski definition) is 0. The Hall–Kier alpha value is 0.726. The third kappa shape index (κ3) is 285. The average Bonchev–Trinajstić information content (AvgIpc) is 1.39. The van der Waals surface area contributed by atoms with Crippen molar-refractivity contribution in [2.45, 2.75) is 20.8 Å². The van der Waals surface area contributed by atoms with Crippen molar-refractivity contribution in [3.05, 3.63) is 6.42 Å². The Bertz CT molecular complexity index is 10.0. The molecule has 0 amide bonds. The van der Waals surface area contributed by atoms with Gasteiger partial charge in [-0.1, -0.05) is 6.92 Å². The van der Waals surface area contributed by atoms with E-state index in [1.165, 1.54) is 0 Å². The third-order valence-corrected chi connectivity index (χ3v) is 0. The van der Waals surface area contributed by atoms with Gasteiger partial charge in [0.25, 0.3) is 0 Å². The molecule has 0 aromatic heterocycles. The molecular formula is C5H12MgO. The number of hydrogen-bond acceptors (Lipinski definition) is 1. The van der Waals surface area contributed by atoms with E-state index in [0.29, 0.717) is 0 Å².